The summed E-state index contributed by atoms with van der Waals surface area (Å²) in [5.41, 5.74) is 7.21. The molecule has 0 radical (unpaired) electrons. The van der Waals surface area contributed by atoms with Gasteiger partial charge in [-0.25, -0.2) is 4.98 Å². The van der Waals surface area contributed by atoms with E-state index in [1.807, 2.05) is 73.8 Å². The van der Waals surface area contributed by atoms with Crippen molar-refractivity contribution >= 4 is 45.6 Å². The van der Waals surface area contributed by atoms with E-state index in [0.717, 1.165) is 50.5 Å². The number of aromatic nitrogens is 3. The lowest BCUT2D eigenvalue weighted by Gasteiger charge is -2.20. The highest BCUT2D eigenvalue weighted by molar-refractivity contribution is 6.42. The lowest BCUT2D eigenvalue weighted by Crippen LogP contribution is -2.16. The van der Waals surface area contributed by atoms with E-state index in [9.17, 15) is 0 Å². The van der Waals surface area contributed by atoms with Gasteiger partial charge in [0.15, 0.2) is 0 Å². The van der Waals surface area contributed by atoms with E-state index < -0.39 is 0 Å². The highest BCUT2D eigenvalue weighted by atomic mass is 35.5. The van der Waals surface area contributed by atoms with Crippen LogP contribution in [0.3, 0.4) is 0 Å². The quantitative estimate of drug-likeness (QED) is 0.272. The number of fused-ring (bicyclic) bond motifs is 2. The van der Waals surface area contributed by atoms with Crippen molar-refractivity contribution in [1.29, 1.82) is 0 Å². The van der Waals surface area contributed by atoms with E-state index in [-0.39, 0.29) is 6.04 Å². The van der Waals surface area contributed by atoms with Gasteiger partial charge in [0.2, 0.25) is 0 Å². The molecule has 0 atom stereocenters. The third kappa shape index (κ3) is 4.37. The summed E-state index contributed by atoms with van der Waals surface area (Å²) in [6.07, 6.45) is 1.82. The Hall–Kier alpha value is -3.41. The number of halogens is 2. The molecule has 0 saturated heterocycles. The fraction of sp³-hybridized carbons (Fsp3) is 0.148. The molecule has 0 bridgehead atoms. The van der Waals surface area contributed by atoms with Gasteiger partial charge in [-0.15, -0.1) is 0 Å². The average molecular weight is 488 g/mol. The maximum absolute atomic E-state index is 6.40. The van der Waals surface area contributed by atoms with Crippen molar-refractivity contribution in [3.05, 3.63) is 94.0 Å². The lowest BCUT2D eigenvalue weighted by molar-refractivity contribution is 0.806. The van der Waals surface area contributed by atoms with Crippen LogP contribution >= 0.6 is 23.2 Å². The van der Waals surface area contributed by atoms with E-state index in [1.165, 1.54) is 0 Å². The summed E-state index contributed by atoms with van der Waals surface area (Å²) >= 11 is 12.6. The second kappa shape index (κ2) is 9.09. The summed E-state index contributed by atoms with van der Waals surface area (Å²) in [4.78, 5) is 14.3. The largest absolute Gasteiger partial charge is 0.352 e. The van der Waals surface area contributed by atoms with Crippen molar-refractivity contribution in [1.82, 2.24) is 14.5 Å². The smallest absolute Gasteiger partial charge is 0.0900 e. The van der Waals surface area contributed by atoms with Crippen LogP contribution in [0, 0.1) is 6.92 Å². The molecular formula is C27H23Cl2N5. The molecule has 0 fully saturated rings. The number of hydrogen-bond acceptors (Lipinski definition) is 4. The highest BCUT2D eigenvalue weighted by Crippen LogP contribution is 2.32. The number of anilines is 2. The first-order valence-electron chi connectivity index (χ1n) is 11.0. The first-order chi connectivity index (χ1) is 16.4. The summed E-state index contributed by atoms with van der Waals surface area (Å²) in [5.74, 6) is 0. The maximum Gasteiger partial charge on any atom is 0.0900 e. The predicted octanol–water partition coefficient (Wildman–Crippen LogP) is 7.19. The van der Waals surface area contributed by atoms with Crippen LogP contribution in [0.15, 0.2) is 77.9 Å². The minimum absolute atomic E-state index is 0.112. The second-order valence-electron chi connectivity index (χ2n) is 8.43. The normalized spacial score (nSPS) is 12.1. The molecule has 2 aliphatic rings. The highest BCUT2D eigenvalue weighted by Gasteiger charge is 2.17. The van der Waals surface area contributed by atoms with Crippen molar-refractivity contribution in [2.24, 2.45) is 4.99 Å². The molecule has 0 spiro atoms. The molecule has 3 aromatic rings. The molecule has 170 valence electrons. The minimum Gasteiger partial charge on any atom is -0.352 e. The molecule has 1 N–H and O–H groups in total. The van der Waals surface area contributed by atoms with Crippen LogP contribution in [-0.2, 0) is 0 Å². The number of benzene rings is 3. The number of nitrogens with zero attached hydrogens (tertiary/aromatic N) is 4. The Kier molecular flexibility index (Phi) is 5.98. The van der Waals surface area contributed by atoms with E-state index in [0.29, 0.717) is 10.0 Å². The zero-order valence-electron chi connectivity index (χ0n) is 19.1. The Morgan fingerprint density at radius 1 is 0.941 bits per heavy atom. The molecule has 1 aliphatic carbocycles. The summed E-state index contributed by atoms with van der Waals surface area (Å²) < 4.78 is 2.15. The van der Waals surface area contributed by atoms with Gasteiger partial charge in [-0.3, -0.25) is 9.98 Å². The van der Waals surface area contributed by atoms with E-state index in [4.69, 9.17) is 33.2 Å². The van der Waals surface area contributed by atoms with Crippen LogP contribution in [0.25, 0.3) is 28.1 Å². The van der Waals surface area contributed by atoms with Gasteiger partial charge in [0.05, 0.1) is 55.4 Å². The Morgan fingerprint density at radius 3 is 2.50 bits per heavy atom. The summed E-state index contributed by atoms with van der Waals surface area (Å²) in [6, 6.07) is 21.9. The summed E-state index contributed by atoms with van der Waals surface area (Å²) in [7, 11) is 0. The number of pyridine rings is 1. The van der Waals surface area contributed by atoms with Gasteiger partial charge in [0.1, 0.15) is 0 Å². The van der Waals surface area contributed by atoms with Gasteiger partial charge >= 0.3 is 0 Å². The van der Waals surface area contributed by atoms with Crippen molar-refractivity contribution in [2.45, 2.75) is 26.8 Å². The SMILES string of the molecule is Cc1ccc(Nc2cc3nc4ccccc4n(-c4ccc(Cl)c(Cl)c4)c-3c/c2=N\C(C)C)cn1. The van der Waals surface area contributed by atoms with E-state index in [2.05, 4.69) is 34.8 Å². The van der Waals surface area contributed by atoms with E-state index in [1.54, 1.807) is 0 Å². The Morgan fingerprint density at radius 2 is 1.76 bits per heavy atom. The monoisotopic (exact) mass is 487 g/mol. The van der Waals surface area contributed by atoms with Crippen molar-refractivity contribution in [2.75, 3.05) is 5.32 Å². The van der Waals surface area contributed by atoms with E-state index >= 15 is 0 Å². The lowest BCUT2D eigenvalue weighted by atomic mass is 10.1. The van der Waals surface area contributed by atoms with Crippen LogP contribution < -0.4 is 10.7 Å². The Labute approximate surface area is 208 Å². The van der Waals surface area contributed by atoms with Gasteiger partial charge in [-0.1, -0.05) is 35.3 Å². The first kappa shape index (κ1) is 22.4. The fourth-order valence-electron chi connectivity index (χ4n) is 3.93. The number of rotatable bonds is 4. The van der Waals surface area contributed by atoms with Crippen molar-refractivity contribution in [3.63, 3.8) is 0 Å². The van der Waals surface area contributed by atoms with Gasteiger partial charge in [-0.05, 0) is 75.4 Å². The van der Waals surface area contributed by atoms with Gasteiger partial charge in [0, 0.05) is 17.4 Å². The molecule has 7 heteroatoms. The first-order valence-corrected chi connectivity index (χ1v) is 11.8. The molecule has 2 heterocycles. The Bertz CT molecular complexity index is 1540. The Balaban J connectivity index is 1.82. The minimum atomic E-state index is 0.112. The maximum atomic E-state index is 6.40. The van der Waals surface area contributed by atoms with Gasteiger partial charge in [-0.2, -0.15) is 0 Å². The fourth-order valence-corrected chi connectivity index (χ4v) is 4.22. The van der Waals surface area contributed by atoms with Crippen molar-refractivity contribution in [3.8, 4) is 17.1 Å². The summed E-state index contributed by atoms with van der Waals surface area (Å²) in [6.45, 7) is 6.09. The zero-order chi connectivity index (χ0) is 23.8. The predicted molar refractivity (Wildman–Crippen MR) is 141 cm³/mol. The molecule has 2 aromatic carbocycles. The van der Waals surface area contributed by atoms with Gasteiger partial charge in [0.25, 0.3) is 0 Å². The molecule has 1 aromatic heterocycles. The number of hydrogen-bond donors (Lipinski definition) is 1. The van der Waals surface area contributed by atoms with Gasteiger partial charge < -0.3 is 9.88 Å². The second-order valence-corrected chi connectivity index (χ2v) is 9.24. The van der Waals surface area contributed by atoms with Crippen LogP contribution in [-0.4, -0.2) is 20.6 Å². The van der Waals surface area contributed by atoms with Crippen LogP contribution in [0.5, 0.6) is 0 Å². The number of nitrogens with one attached hydrogen (secondary N) is 1. The molecule has 0 amide bonds. The third-order valence-electron chi connectivity index (χ3n) is 5.45. The molecule has 5 nitrogen and oxygen atoms in total. The molecule has 0 saturated carbocycles. The number of para-hydroxylation sites is 2. The number of aryl methyl sites for hydroxylation is 1. The molecular weight excluding hydrogens is 465 g/mol. The zero-order valence-corrected chi connectivity index (χ0v) is 20.6. The molecule has 1 aliphatic heterocycles. The average Bonchev–Trinajstić information content (AvgIpc) is 2.81. The standard InChI is InChI=1S/C27H23Cl2N5/c1-16(2)31-24-14-27-25(13-23(24)32-18-9-8-17(3)30-15-18)33-22-6-4-5-7-26(22)34(27)19-10-11-20(28)21(29)12-19/h4-16,32H,1-3H3/b31-24+. The third-order valence-corrected chi connectivity index (χ3v) is 6.19. The topological polar surface area (TPSA) is 55.1 Å². The molecule has 5 rings (SSSR count). The van der Waals surface area contributed by atoms with Crippen LogP contribution in [0.2, 0.25) is 10.0 Å². The van der Waals surface area contributed by atoms with Crippen molar-refractivity contribution < 1.29 is 0 Å². The van der Waals surface area contributed by atoms with Crippen LogP contribution in [0.1, 0.15) is 19.5 Å². The molecule has 0 unspecified atom stereocenters. The summed E-state index contributed by atoms with van der Waals surface area (Å²) in [5, 5.41) is 5.33. The van der Waals surface area contributed by atoms with Crippen LogP contribution in [0.4, 0.5) is 11.4 Å². The molecule has 34 heavy (non-hydrogen) atoms.